The lowest BCUT2D eigenvalue weighted by molar-refractivity contribution is -0.137. The van der Waals surface area contributed by atoms with Gasteiger partial charge in [0.1, 0.15) is 0 Å². The van der Waals surface area contributed by atoms with Crippen LogP contribution in [0.25, 0.3) is 0 Å². The van der Waals surface area contributed by atoms with Crippen molar-refractivity contribution in [2.45, 2.75) is 19.5 Å². The Hall–Kier alpha value is -1.96. The first-order valence-corrected chi connectivity index (χ1v) is 5.80. The van der Waals surface area contributed by atoms with Crippen LogP contribution in [-0.2, 0) is 6.18 Å². The molecule has 0 radical (unpaired) electrons. The molecule has 0 N–H and O–H groups in total. The van der Waals surface area contributed by atoms with Crippen LogP contribution in [0, 0.1) is 12.3 Å². The van der Waals surface area contributed by atoms with Crippen molar-refractivity contribution in [1.82, 2.24) is 4.90 Å². The average molecular weight is 269 g/mol. The summed E-state index contributed by atoms with van der Waals surface area (Å²) in [6.07, 6.45) is 1.50. The van der Waals surface area contributed by atoms with E-state index in [0.29, 0.717) is 6.54 Å². The number of hydrogen-bond acceptors (Lipinski definition) is 1. The van der Waals surface area contributed by atoms with Crippen molar-refractivity contribution >= 4 is 5.91 Å². The second-order valence-electron chi connectivity index (χ2n) is 4.01. The zero-order valence-electron chi connectivity index (χ0n) is 10.5. The lowest BCUT2D eigenvalue weighted by atomic mass is 10.1. The summed E-state index contributed by atoms with van der Waals surface area (Å²) in [4.78, 5) is 13.5. The van der Waals surface area contributed by atoms with E-state index < -0.39 is 11.7 Å². The molecule has 1 amide bonds. The molecule has 102 valence electrons. The molecule has 1 rings (SSSR count). The standard InChI is InChI=1S/C14H14F3NO/c1-3-9-18(10-4-2)13(19)11-5-7-12(8-6-11)14(15,16)17/h1,5-8H,4,9-10H2,2H3. The van der Waals surface area contributed by atoms with E-state index in [-0.39, 0.29) is 18.0 Å². The molecule has 0 spiro atoms. The van der Waals surface area contributed by atoms with Gasteiger partial charge in [0.15, 0.2) is 0 Å². The van der Waals surface area contributed by atoms with Crippen LogP contribution < -0.4 is 0 Å². The SMILES string of the molecule is C#CCN(CCC)C(=O)c1ccc(C(F)(F)F)cc1. The highest BCUT2D eigenvalue weighted by Crippen LogP contribution is 2.29. The Balaban J connectivity index is 2.91. The molecule has 0 saturated carbocycles. The van der Waals surface area contributed by atoms with E-state index in [0.717, 1.165) is 18.6 Å². The monoisotopic (exact) mass is 269 g/mol. The minimum Gasteiger partial charge on any atom is -0.328 e. The van der Waals surface area contributed by atoms with Crippen molar-refractivity contribution in [3.63, 3.8) is 0 Å². The summed E-state index contributed by atoms with van der Waals surface area (Å²) < 4.78 is 37.2. The molecule has 0 heterocycles. The Bertz CT molecular complexity index is 471. The molecule has 0 unspecified atom stereocenters. The molecule has 0 atom stereocenters. The third-order valence-corrected chi connectivity index (χ3v) is 2.52. The van der Waals surface area contributed by atoms with Crippen molar-refractivity contribution in [2.75, 3.05) is 13.1 Å². The van der Waals surface area contributed by atoms with Gasteiger partial charge < -0.3 is 4.90 Å². The van der Waals surface area contributed by atoms with Gasteiger partial charge in [-0.25, -0.2) is 0 Å². The van der Waals surface area contributed by atoms with Gasteiger partial charge in [-0.3, -0.25) is 4.79 Å². The van der Waals surface area contributed by atoms with Gasteiger partial charge in [-0.1, -0.05) is 12.8 Å². The van der Waals surface area contributed by atoms with Crippen molar-refractivity contribution in [3.05, 3.63) is 35.4 Å². The number of alkyl halides is 3. The van der Waals surface area contributed by atoms with Crippen LogP contribution in [0.1, 0.15) is 29.3 Å². The van der Waals surface area contributed by atoms with Gasteiger partial charge in [0.2, 0.25) is 0 Å². The quantitative estimate of drug-likeness (QED) is 0.769. The Morgan fingerprint density at radius 1 is 1.32 bits per heavy atom. The first-order valence-electron chi connectivity index (χ1n) is 5.80. The maximum absolute atomic E-state index is 12.4. The van der Waals surface area contributed by atoms with Crippen LogP contribution in [0.3, 0.4) is 0 Å². The number of benzene rings is 1. The van der Waals surface area contributed by atoms with Crippen LogP contribution >= 0.6 is 0 Å². The van der Waals surface area contributed by atoms with Crippen molar-refractivity contribution in [2.24, 2.45) is 0 Å². The smallest absolute Gasteiger partial charge is 0.328 e. The maximum atomic E-state index is 12.4. The second kappa shape index (κ2) is 6.28. The lowest BCUT2D eigenvalue weighted by Crippen LogP contribution is -2.32. The molecule has 2 nitrogen and oxygen atoms in total. The highest BCUT2D eigenvalue weighted by atomic mass is 19.4. The van der Waals surface area contributed by atoms with Gasteiger partial charge in [0, 0.05) is 12.1 Å². The number of hydrogen-bond donors (Lipinski definition) is 0. The third kappa shape index (κ3) is 4.02. The normalized spacial score (nSPS) is 10.9. The van der Waals surface area contributed by atoms with Crippen LogP contribution in [0.5, 0.6) is 0 Å². The predicted molar refractivity (Wildman–Crippen MR) is 66.5 cm³/mol. The molecule has 5 heteroatoms. The van der Waals surface area contributed by atoms with Crippen LogP contribution in [0.4, 0.5) is 13.2 Å². The summed E-state index contributed by atoms with van der Waals surface area (Å²) in [5.74, 6) is 2.01. The van der Waals surface area contributed by atoms with E-state index in [9.17, 15) is 18.0 Å². The number of carbonyl (C=O) groups excluding carboxylic acids is 1. The maximum Gasteiger partial charge on any atom is 0.416 e. The first-order chi connectivity index (χ1) is 8.90. The van der Waals surface area contributed by atoms with E-state index in [4.69, 9.17) is 6.42 Å². The lowest BCUT2D eigenvalue weighted by Gasteiger charge is -2.19. The number of rotatable bonds is 4. The molecule has 1 aromatic rings. The van der Waals surface area contributed by atoms with Crippen LogP contribution in [-0.4, -0.2) is 23.9 Å². The summed E-state index contributed by atoms with van der Waals surface area (Å²) in [7, 11) is 0. The van der Waals surface area contributed by atoms with E-state index in [1.165, 1.54) is 17.0 Å². The number of amides is 1. The van der Waals surface area contributed by atoms with Gasteiger partial charge in [0.05, 0.1) is 12.1 Å². The number of carbonyl (C=O) groups is 1. The van der Waals surface area contributed by atoms with Crippen molar-refractivity contribution in [1.29, 1.82) is 0 Å². The summed E-state index contributed by atoms with van der Waals surface area (Å²) in [6.45, 7) is 2.52. The minimum atomic E-state index is -4.40. The Morgan fingerprint density at radius 2 is 1.89 bits per heavy atom. The number of nitrogens with zero attached hydrogens (tertiary/aromatic N) is 1. The zero-order valence-corrected chi connectivity index (χ0v) is 10.5. The van der Waals surface area contributed by atoms with E-state index in [1.54, 1.807) is 0 Å². The summed E-state index contributed by atoms with van der Waals surface area (Å²) in [6, 6.07) is 4.13. The van der Waals surface area contributed by atoms with Crippen molar-refractivity contribution < 1.29 is 18.0 Å². The second-order valence-corrected chi connectivity index (χ2v) is 4.01. The topological polar surface area (TPSA) is 20.3 Å². The minimum absolute atomic E-state index is 0.147. The molecule has 0 fully saturated rings. The van der Waals surface area contributed by atoms with Gasteiger partial charge in [-0.15, -0.1) is 6.42 Å². The van der Waals surface area contributed by atoms with Gasteiger partial charge in [-0.05, 0) is 30.7 Å². The van der Waals surface area contributed by atoms with Gasteiger partial charge >= 0.3 is 6.18 Å². The molecule has 0 bridgehead atoms. The fraction of sp³-hybridized carbons (Fsp3) is 0.357. The van der Waals surface area contributed by atoms with Gasteiger partial charge in [-0.2, -0.15) is 13.2 Å². The molecular formula is C14H14F3NO. The third-order valence-electron chi connectivity index (χ3n) is 2.52. The first kappa shape index (κ1) is 15.1. The molecule has 0 aliphatic carbocycles. The van der Waals surface area contributed by atoms with Crippen LogP contribution in [0.2, 0.25) is 0 Å². The largest absolute Gasteiger partial charge is 0.416 e. The summed E-state index contributed by atoms with van der Waals surface area (Å²) in [5, 5.41) is 0. The van der Waals surface area contributed by atoms with Gasteiger partial charge in [0.25, 0.3) is 5.91 Å². The Morgan fingerprint density at radius 3 is 2.32 bits per heavy atom. The molecule has 1 aromatic carbocycles. The molecule has 19 heavy (non-hydrogen) atoms. The number of terminal acetylenes is 1. The molecular weight excluding hydrogens is 255 g/mol. The number of halogens is 3. The fourth-order valence-electron chi connectivity index (χ4n) is 1.62. The van der Waals surface area contributed by atoms with Crippen LogP contribution in [0.15, 0.2) is 24.3 Å². The summed E-state index contributed by atoms with van der Waals surface area (Å²) >= 11 is 0. The Labute approximate surface area is 110 Å². The molecule has 0 saturated heterocycles. The highest BCUT2D eigenvalue weighted by molar-refractivity contribution is 5.94. The average Bonchev–Trinajstić information content (AvgIpc) is 2.37. The van der Waals surface area contributed by atoms with E-state index in [2.05, 4.69) is 5.92 Å². The highest BCUT2D eigenvalue weighted by Gasteiger charge is 2.30. The van der Waals surface area contributed by atoms with Crippen molar-refractivity contribution in [3.8, 4) is 12.3 Å². The molecule has 0 aliphatic heterocycles. The predicted octanol–water partition coefficient (Wildman–Crippen LogP) is 3.19. The molecule has 0 aromatic heterocycles. The molecule has 0 aliphatic rings. The Kier molecular flexibility index (Phi) is 4.99. The van der Waals surface area contributed by atoms with E-state index >= 15 is 0 Å². The van der Waals surface area contributed by atoms with E-state index in [1.807, 2.05) is 6.92 Å². The summed E-state index contributed by atoms with van der Waals surface area (Å²) in [5.41, 5.74) is -0.570. The zero-order chi connectivity index (χ0) is 14.5. The fourth-order valence-corrected chi connectivity index (χ4v) is 1.62.